The molecule has 2 unspecified atom stereocenters. The third-order valence-corrected chi connectivity index (χ3v) is 6.79. The van der Waals surface area contributed by atoms with Gasteiger partial charge in [-0.25, -0.2) is 0 Å². The summed E-state index contributed by atoms with van der Waals surface area (Å²) < 4.78 is 16.7. The first-order valence-electron chi connectivity index (χ1n) is 11.2. The van der Waals surface area contributed by atoms with Crippen LogP contribution in [0.5, 0.6) is 0 Å². The number of aryl methyl sites for hydroxylation is 2. The summed E-state index contributed by atoms with van der Waals surface area (Å²) in [6, 6.07) is 17.6. The fraction of sp³-hybridized carbons (Fsp3) is 0.231. The molecule has 0 saturated heterocycles. The van der Waals surface area contributed by atoms with Crippen LogP contribution in [0.2, 0.25) is 5.02 Å². The summed E-state index contributed by atoms with van der Waals surface area (Å²) in [5, 5.41) is 3.35. The number of amides is 2. The predicted molar refractivity (Wildman–Crippen MR) is 138 cm³/mol. The van der Waals surface area contributed by atoms with Crippen LogP contribution in [-0.2, 0) is 9.09 Å². The highest BCUT2D eigenvalue weighted by atomic mass is 35.5. The number of fused-ring (bicyclic) bond motifs is 1. The molecule has 0 saturated carbocycles. The molecule has 182 valence electrons. The summed E-state index contributed by atoms with van der Waals surface area (Å²) in [6.45, 7) is 4.12. The van der Waals surface area contributed by atoms with Crippen LogP contribution in [0.3, 0.4) is 0 Å². The predicted octanol–water partition coefficient (Wildman–Crippen LogP) is 6.09. The second-order valence-electron chi connectivity index (χ2n) is 8.47. The molecule has 2 N–H and O–H groups in total. The average Bonchev–Trinajstić information content (AvgIpc) is 2.98. The van der Waals surface area contributed by atoms with Gasteiger partial charge in [0.1, 0.15) is 0 Å². The largest absolute Gasteiger partial charge is 0.326 e. The zero-order valence-electron chi connectivity index (χ0n) is 19.4. The van der Waals surface area contributed by atoms with E-state index in [-0.39, 0.29) is 11.8 Å². The summed E-state index contributed by atoms with van der Waals surface area (Å²) in [4.78, 5) is 37.3. The Morgan fingerprint density at radius 3 is 2.54 bits per heavy atom. The monoisotopic (exact) mass is 512 g/mol. The first kappa shape index (κ1) is 25.1. The number of hydrogen-bond acceptors (Lipinski definition) is 4. The van der Waals surface area contributed by atoms with Gasteiger partial charge in [0, 0.05) is 39.6 Å². The number of nitrogens with zero attached hydrogens (tertiary/aromatic N) is 1. The summed E-state index contributed by atoms with van der Waals surface area (Å²) in [5.41, 5.74) is 4.48. The van der Waals surface area contributed by atoms with Crippen molar-refractivity contribution in [3.05, 3.63) is 93.5 Å². The molecule has 0 fully saturated rings. The molecule has 1 aliphatic rings. The van der Waals surface area contributed by atoms with Gasteiger partial charge in [-0.05, 0) is 80.3 Å². The van der Waals surface area contributed by atoms with Gasteiger partial charge >= 0.3 is 8.25 Å². The van der Waals surface area contributed by atoms with E-state index in [0.717, 1.165) is 5.56 Å². The number of benzene rings is 3. The molecule has 0 aliphatic carbocycles. The lowest BCUT2D eigenvalue weighted by Crippen LogP contribution is -2.32. The van der Waals surface area contributed by atoms with Crippen molar-refractivity contribution in [1.29, 1.82) is 0 Å². The molecular formula is C26H26ClN2O5P. The lowest BCUT2D eigenvalue weighted by Gasteiger charge is -2.25. The lowest BCUT2D eigenvalue weighted by atomic mass is 10.0. The third kappa shape index (κ3) is 5.65. The number of anilines is 2. The first-order valence-corrected chi connectivity index (χ1v) is 12.9. The van der Waals surface area contributed by atoms with Gasteiger partial charge in [-0.15, -0.1) is 0 Å². The minimum atomic E-state index is -3.17. The van der Waals surface area contributed by atoms with E-state index in [9.17, 15) is 19.0 Å². The topological polar surface area (TPSA) is 95.9 Å². The van der Waals surface area contributed by atoms with Crippen LogP contribution in [0.1, 0.15) is 56.4 Å². The Kier molecular flexibility index (Phi) is 7.72. The van der Waals surface area contributed by atoms with Gasteiger partial charge in [-0.2, -0.15) is 0 Å². The molecule has 2 atom stereocenters. The molecule has 3 aromatic carbocycles. The van der Waals surface area contributed by atoms with E-state index >= 15 is 0 Å². The molecule has 0 spiro atoms. The van der Waals surface area contributed by atoms with Crippen LogP contribution >= 0.6 is 19.9 Å². The van der Waals surface area contributed by atoms with Crippen molar-refractivity contribution in [2.24, 2.45) is 0 Å². The van der Waals surface area contributed by atoms with E-state index in [1.165, 1.54) is 0 Å². The Balaban J connectivity index is 1.60. The second-order valence-corrected chi connectivity index (χ2v) is 9.68. The van der Waals surface area contributed by atoms with Crippen molar-refractivity contribution in [2.45, 2.75) is 32.8 Å². The maximum absolute atomic E-state index is 13.6. The summed E-state index contributed by atoms with van der Waals surface area (Å²) in [6.07, 6.45) is 0.441. The normalized spacial score (nSPS) is 16.2. The van der Waals surface area contributed by atoms with Gasteiger partial charge in [0.2, 0.25) is 0 Å². The van der Waals surface area contributed by atoms with Crippen LogP contribution in [0.4, 0.5) is 11.4 Å². The average molecular weight is 513 g/mol. The van der Waals surface area contributed by atoms with Crippen LogP contribution in [0.15, 0.2) is 60.7 Å². The van der Waals surface area contributed by atoms with E-state index in [2.05, 4.69) is 5.32 Å². The summed E-state index contributed by atoms with van der Waals surface area (Å²) in [5.74, 6) is -0.422. The molecule has 7 nitrogen and oxygen atoms in total. The fourth-order valence-electron chi connectivity index (χ4n) is 4.35. The molecule has 3 aromatic rings. The van der Waals surface area contributed by atoms with E-state index < -0.39 is 14.4 Å². The Morgan fingerprint density at radius 2 is 1.83 bits per heavy atom. The Labute approximate surface area is 209 Å². The van der Waals surface area contributed by atoms with Gasteiger partial charge in [0.25, 0.3) is 11.8 Å². The quantitative estimate of drug-likeness (QED) is 0.403. The number of carbonyl (C=O) groups is 2. The van der Waals surface area contributed by atoms with Gasteiger partial charge in [0.15, 0.2) is 0 Å². The Morgan fingerprint density at radius 1 is 1.06 bits per heavy atom. The van der Waals surface area contributed by atoms with Gasteiger partial charge in [0.05, 0.1) is 6.10 Å². The highest BCUT2D eigenvalue weighted by Crippen LogP contribution is 2.41. The zero-order chi connectivity index (χ0) is 25.1. The molecule has 9 heteroatoms. The molecule has 2 amide bonds. The van der Waals surface area contributed by atoms with Crippen LogP contribution in [0.25, 0.3) is 0 Å². The van der Waals surface area contributed by atoms with E-state index in [4.69, 9.17) is 16.1 Å². The molecule has 0 bridgehead atoms. The SMILES string of the molecule is Cc1ccccc1C(=O)Nc1ccc(C(=O)N2CCCC(O[PH](=O)O)c3cc(Cl)ccc32)c(C)c1. The minimum Gasteiger partial charge on any atom is -0.326 e. The van der Waals surface area contributed by atoms with Crippen LogP contribution in [-0.4, -0.2) is 23.3 Å². The van der Waals surface area contributed by atoms with Gasteiger partial charge < -0.3 is 19.6 Å². The van der Waals surface area contributed by atoms with Crippen molar-refractivity contribution in [2.75, 3.05) is 16.8 Å². The Hall–Kier alpha value is -2.96. The molecule has 0 radical (unpaired) electrons. The highest BCUT2D eigenvalue weighted by molar-refractivity contribution is 7.32. The summed E-state index contributed by atoms with van der Waals surface area (Å²) >= 11 is 6.19. The van der Waals surface area contributed by atoms with Crippen molar-refractivity contribution in [3.63, 3.8) is 0 Å². The van der Waals surface area contributed by atoms with E-state index in [1.807, 2.05) is 32.0 Å². The maximum atomic E-state index is 13.6. The molecule has 4 rings (SSSR count). The number of hydrogen-bond donors (Lipinski definition) is 2. The molecule has 1 aliphatic heterocycles. The lowest BCUT2D eigenvalue weighted by molar-refractivity contribution is 0.0985. The van der Waals surface area contributed by atoms with E-state index in [0.29, 0.717) is 58.0 Å². The van der Waals surface area contributed by atoms with Gasteiger partial charge in [-0.3, -0.25) is 14.2 Å². The minimum absolute atomic E-state index is 0.208. The fourth-order valence-corrected chi connectivity index (χ4v) is 5.02. The van der Waals surface area contributed by atoms with Crippen molar-refractivity contribution < 1.29 is 23.6 Å². The van der Waals surface area contributed by atoms with Crippen LogP contribution < -0.4 is 10.2 Å². The molecule has 35 heavy (non-hydrogen) atoms. The van der Waals surface area contributed by atoms with Crippen LogP contribution in [0, 0.1) is 13.8 Å². The number of halogens is 1. The second kappa shape index (κ2) is 10.8. The standard InChI is InChI=1S/C26H26ClN2O5P/c1-16-6-3-4-7-20(16)25(30)28-19-10-11-21(17(2)14-19)26(31)29-13-5-8-24(34-35(32)33)22-15-18(27)9-12-23(22)29/h3-4,6-7,9-12,14-15,24,35H,5,8,13H2,1-2H3,(H,28,30)(H,32,33). The van der Waals surface area contributed by atoms with E-state index in [1.54, 1.807) is 47.4 Å². The third-order valence-electron chi connectivity index (χ3n) is 6.07. The molecular weight excluding hydrogens is 487 g/mol. The maximum Gasteiger partial charge on any atom is 0.317 e. The highest BCUT2D eigenvalue weighted by Gasteiger charge is 2.29. The molecule has 0 aromatic heterocycles. The van der Waals surface area contributed by atoms with Crippen molar-refractivity contribution in [3.8, 4) is 0 Å². The van der Waals surface area contributed by atoms with Crippen molar-refractivity contribution >= 4 is 43.0 Å². The van der Waals surface area contributed by atoms with Gasteiger partial charge in [-0.1, -0.05) is 29.8 Å². The zero-order valence-corrected chi connectivity index (χ0v) is 21.1. The number of carbonyl (C=O) groups excluding carboxylic acids is 2. The van der Waals surface area contributed by atoms with Crippen molar-refractivity contribution in [1.82, 2.24) is 0 Å². The first-order chi connectivity index (χ1) is 16.7. The summed E-state index contributed by atoms with van der Waals surface area (Å²) in [7, 11) is -3.17. The number of rotatable bonds is 5. The number of nitrogens with one attached hydrogen (secondary N) is 1. The Bertz CT molecular complexity index is 1310. The smallest absolute Gasteiger partial charge is 0.317 e. The molecule has 1 heterocycles.